The Labute approximate surface area is 214 Å². The number of carbonyl (C=O) groups is 2. The fourth-order valence-corrected chi connectivity index (χ4v) is 4.99. The highest BCUT2D eigenvalue weighted by Gasteiger charge is 2.30. The summed E-state index contributed by atoms with van der Waals surface area (Å²) >= 11 is 0. The molecule has 0 atom stereocenters. The van der Waals surface area contributed by atoms with Crippen molar-refractivity contribution in [3.8, 4) is 5.75 Å². The fraction of sp³-hybridized carbons (Fsp3) is 0.458. The number of methoxy groups -OCH3 is 1. The molecule has 4 rings (SSSR count). The molecule has 0 bridgehead atoms. The molecule has 0 radical (unpaired) electrons. The van der Waals surface area contributed by atoms with Gasteiger partial charge >= 0.3 is 0 Å². The third kappa shape index (κ3) is 7.08. The summed E-state index contributed by atoms with van der Waals surface area (Å²) in [6.45, 7) is -2.18. The van der Waals surface area contributed by atoms with Gasteiger partial charge in [-0.2, -0.15) is 0 Å². The van der Waals surface area contributed by atoms with E-state index in [9.17, 15) is 18.0 Å². The zero-order valence-corrected chi connectivity index (χ0v) is 20.6. The molecule has 0 aliphatic heterocycles. The molecule has 11 nitrogen and oxygen atoms in total. The molecule has 2 aliphatic carbocycles. The second-order valence-electron chi connectivity index (χ2n) is 8.83. The molecule has 1 heterocycles. The first-order valence-corrected chi connectivity index (χ1v) is 13.2. The quantitative estimate of drug-likeness (QED) is 0.295. The number of nitrogens with one attached hydrogen (secondary N) is 4. The summed E-state index contributed by atoms with van der Waals surface area (Å²) in [5, 5.41) is 7.62. The SMILES string of the molecule is [2H]C([2H])([2H])NC(=O)c1cnc(NC(=O)C2CC2)cc1Nc1ccc(OCCOC)cc1NS(=O)(=O)CC1CC1. The van der Waals surface area contributed by atoms with Crippen molar-refractivity contribution in [3.63, 3.8) is 0 Å². The van der Waals surface area contributed by atoms with Crippen LogP contribution in [0.25, 0.3) is 0 Å². The second kappa shape index (κ2) is 11.1. The summed E-state index contributed by atoms with van der Waals surface area (Å²) in [4.78, 5) is 29.2. The average molecular weight is 521 g/mol. The van der Waals surface area contributed by atoms with Crippen molar-refractivity contribution in [1.29, 1.82) is 0 Å². The van der Waals surface area contributed by atoms with E-state index in [4.69, 9.17) is 13.6 Å². The van der Waals surface area contributed by atoms with Gasteiger partial charge in [0, 0.05) is 42.4 Å². The van der Waals surface area contributed by atoms with Gasteiger partial charge in [0.2, 0.25) is 15.9 Å². The summed E-state index contributed by atoms with van der Waals surface area (Å²) in [5.41, 5.74) is 0.409. The van der Waals surface area contributed by atoms with Crippen LogP contribution in [0, 0.1) is 11.8 Å². The maximum atomic E-state index is 12.8. The zero-order valence-electron chi connectivity index (χ0n) is 22.8. The number of aromatic nitrogens is 1. The highest BCUT2D eigenvalue weighted by Crippen LogP contribution is 2.35. The third-order valence-electron chi connectivity index (χ3n) is 5.70. The number of rotatable bonds is 13. The molecule has 0 unspecified atom stereocenters. The minimum absolute atomic E-state index is 0.0277. The van der Waals surface area contributed by atoms with Gasteiger partial charge in [-0.3, -0.25) is 14.3 Å². The lowest BCUT2D eigenvalue weighted by Crippen LogP contribution is -2.21. The summed E-state index contributed by atoms with van der Waals surface area (Å²) in [5.74, 6) is -0.628. The van der Waals surface area contributed by atoms with E-state index >= 15 is 0 Å². The van der Waals surface area contributed by atoms with E-state index in [1.165, 1.54) is 19.2 Å². The molecule has 2 amide bonds. The summed E-state index contributed by atoms with van der Waals surface area (Å²) in [6, 6.07) is 6.06. The van der Waals surface area contributed by atoms with Crippen LogP contribution >= 0.6 is 0 Å². The van der Waals surface area contributed by atoms with Gasteiger partial charge in [0.15, 0.2) is 0 Å². The van der Waals surface area contributed by atoms with Crippen LogP contribution in [0.5, 0.6) is 5.75 Å². The van der Waals surface area contributed by atoms with E-state index in [1.54, 1.807) is 12.1 Å². The van der Waals surface area contributed by atoms with Crippen molar-refractivity contribution in [1.82, 2.24) is 10.3 Å². The minimum Gasteiger partial charge on any atom is -0.491 e. The molecule has 2 fully saturated rings. The van der Waals surface area contributed by atoms with Gasteiger partial charge in [-0.1, -0.05) is 0 Å². The first-order valence-electron chi connectivity index (χ1n) is 13.1. The highest BCUT2D eigenvalue weighted by molar-refractivity contribution is 7.92. The lowest BCUT2D eigenvalue weighted by Gasteiger charge is -2.18. The molecule has 194 valence electrons. The fourth-order valence-electron chi connectivity index (χ4n) is 3.45. The Balaban J connectivity index is 1.67. The topological polar surface area (TPSA) is 148 Å². The molecule has 0 spiro atoms. The maximum Gasteiger partial charge on any atom is 0.254 e. The van der Waals surface area contributed by atoms with Crippen LogP contribution < -0.4 is 25.4 Å². The van der Waals surface area contributed by atoms with E-state index in [1.807, 2.05) is 5.32 Å². The van der Waals surface area contributed by atoms with E-state index < -0.39 is 22.9 Å². The van der Waals surface area contributed by atoms with Crippen molar-refractivity contribution in [2.24, 2.45) is 11.8 Å². The number of hydrogen-bond acceptors (Lipinski definition) is 8. The number of sulfonamides is 1. The van der Waals surface area contributed by atoms with Gasteiger partial charge in [0.25, 0.3) is 5.91 Å². The van der Waals surface area contributed by atoms with Crippen LogP contribution in [0.2, 0.25) is 0 Å². The molecule has 2 saturated carbocycles. The first kappa shape index (κ1) is 21.9. The normalized spacial score (nSPS) is 16.8. The van der Waals surface area contributed by atoms with Crippen LogP contribution in [0.3, 0.4) is 0 Å². The monoisotopic (exact) mass is 520 g/mol. The largest absolute Gasteiger partial charge is 0.491 e. The molecule has 1 aromatic carbocycles. The Morgan fingerprint density at radius 3 is 2.61 bits per heavy atom. The summed E-state index contributed by atoms with van der Waals surface area (Å²) in [7, 11) is -2.17. The van der Waals surface area contributed by atoms with Crippen LogP contribution in [0.15, 0.2) is 30.5 Å². The Hall–Kier alpha value is -3.38. The lowest BCUT2D eigenvalue weighted by molar-refractivity contribution is -0.117. The van der Waals surface area contributed by atoms with Crippen molar-refractivity contribution in [2.45, 2.75) is 25.7 Å². The highest BCUT2D eigenvalue weighted by atomic mass is 32.2. The summed E-state index contributed by atoms with van der Waals surface area (Å²) < 4.78 is 61.0. The smallest absolute Gasteiger partial charge is 0.254 e. The molecule has 36 heavy (non-hydrogen) atoms. The molecule has 12 heteroatoms. The van der Waals surface area contributed by atoms with Gasteiger partial charge in [-0.25, -0.2) is 13.4 Å². The predicted molar refractivity (Wildman–Crippen MR) is 136 cm³/mol. The number of benzene rings is 1. The molecule has 0 saturated heterocycles. The van der Waals surface area contributed by atoms with Crippen LogP contribution in [-0.2, 0) is 19.6 Å². The number of anilines is 4. The van der Waals surface area contributed by atoms with Gasteiger partial charge in [0.1, 0.15) is 18.2 Å². The summed E-state index contributed by atoms with van der Waals surface area (Å²) in [6.07, 6.45) is 4.39. The standard InChI is InChI=1S/C24H31N5O6S/c1-25-24(31)18-13-26-22(28-23(30)16-5-6-16)12-20(18)27-19-8-7-17(35-10-9-34-2)11-21(19)29-36(32,33)14-15-3-4-15/h7-8,11-13,15-16,29H,3-6,9-10,14H2,1-2H3,(H,25,31)(H2,26,27,28,30)/i1D3. The van der Waals surface area contributed by atoms with Crippen molar-refractivity contribution < 1.29 is 31.6 Å². The Bertz CT molecular complexity index is 1330. The van der Waals surface area contributed by atoms with Gasteiger partial charge < -0.3 is 25.4 Å². The molecule has 1 aromatic heterocycles. The van der Waals surface area contributed by atoms with E-state index in [-0.39, 0.29) is 58.5 Å². The molecular formula is C24H31N5O6S. The number of hydrogen-bond donors (Lipinski definition) is 4. The van der Waals surface area contributed by atoms with Crippen LogP contribution in [0.1, 0.15) is 40.2 Å². The number of nitrogens with zero attached hydrogens (tertiary/aromatic N) is 1. The Morgan fingerprint density at radius 1 is 1.11 bits per heavy atom. The number of pyridine rings is 1. The number of amides is 2. The molecule has 2 aromatic rings. The molecular weight excluding hydrogens is 486 g/mol. The number of carbonyl (C=O) groups excluding carboxylic acids is 2. The first-order chi connectivity index (χ1) is 18.4. The van der Waals surface area contributed by atoms with Crippen molar-refractivity contribution >= 4 is 44.7 Å². The predicted octanol–water partition coefficient (Wildman–Crippen LogP) is 2.71. The minimum atomic E-state index is -3.70. The van der Waals surface area contributed by atoms with E-state index in [2.05, 4.69) is 20.3 Å². The third-order valence-corrected chi connectivity index (χ3v) is 7.14. The van der Waals surface area contributed by atoms with E-state index in [0.717, 1.165) is 31.9 Å². The zero-order chi connectivity index (χ0) is 28.2. The average Bonchev–Trinajstić information content (AvgIpc) is 3.74. The van der Waals surface area contributed by atoms with E-state index in [0.29, 0.717) is 12.4 Å². The van der Waals surface area contributed by atoms with Crippen LogP contribution in [-0.4, -0.2) is 58.3 Å². The lowest BCUT2D eigenvalue weighted by atomic mass is 10.2. The Kier molecular flexibility index (Phi) is 6.76. The second-order valence-corrected chi connectivity index (χ2v) is 10.6. The van der Waals surface area contributed by atoms with Gasteiger partial charge in [0.05, 0.1) is 35.0 Å². The van der Waals surface area contributed by atoms with Gasteiger partial charge in [-0.15, -0.1) is 0 Å². The maximum absolute atomic E-state index is 12.8. The Morgan fingerprint density at radius 2 is 1.92 bits per heavy atom. The molecule has 4 N–H and O–H groups in total. The van der Waals surface area contributed by atoms with Crippen molar-refractivity contribution in [2.75, 3.05) is 48.4 Å². The van der Waals surface area contributed by atoms with Crippen molar-refractivity contribution in [3.05, 3.63) is 36.0 Å². The number of ether oxygens (including phenoxy) is 2. The van der Waals surface area contributed by atoms with Crippen LogP contribution in [0.4, 0.5) is 22.9 Å². The van der Waals surface area contributed by atoms with Gasteiger partial charge in [-0.05, 0) is 43.7 Å². The molecule has 2 aliphatic rings.